The van der Waals surface area contributed by atoms with E-state index in [1.807, 2.05) is 0 Å². The number of thiol groups is 1. The SMILES string of the molecule is S=C1CC[C@@H](S)CN1. The van der Waals surface area contributed by atoms with Crippen LogP contribution < -0.4 is 5.32 Å². The highest BCUT2D eigenvalue weighted by molar-refractivity contribution is 7.81. The average molecular weight is 147 g/mol. The summed E-state index contributed by atoms with van der Waals surface area (Å²) in [7, 11) is 0. The van der Waals surface area contributed by atoms with Crippen molar-refractivity contribution in [2.45, 2.75) is 18.1 Å². The Morgan fingerprint density at radius 2 is 2.50 bits per heavy atom. The number of hydrogen-bond donors (Lipinski definition) is 2. The van der Waals surface area contributed by atoms with E-state index in [1.165, 1.54) is 0 Å². The Hall–Kier alpha value is 0.240. The highest BCUT2D eigenvalue weighted by atomic mass is 32.1. The topological polar surface area (TPSA) is 12.0 Å². The van der Waals surface area contributed by atoms with E-state index in [0.29, 0.717) is 5.25 Å². The van der Waals surface area contributed by atoms with Gasteiger partial charge in [0, 0.05) is 11.8 Å². The fourth-order valence-corrected chi connectivity index (χ4v) is 1.14. The maximum absolute atomic E-state index is 4.91. The molecular weight excluding hydrogens is 138 g/mol. The van der Waals surface area contributed by atoms with Gasteiger partial charge < -0.3 is 5.32 Å². The summed E-state index contributed by atoms with van der Waals surface area (Å²) in [5.41, 5.74) is 0. The number of thiocarbonyl (C=S) groups is 1. The smallest absolute Gasteiger partial charge is 0.0754 e. The second-order valence-corrected chi connectivity index (χ2v) is 3.22. The minimum atomic E-state index is 0.515. The molecule has 1 aliphatic heterocycles. The van der Waals surface area contributed by atoms with Gasteiger partial charge in [-0.3, -0.25) is 0 Å². The zero-order chi connectivity index (χ0) is 5.98. The molecule has 0 aromatic rings. The van der Waals surface area contributed by atoms with Crippen LogP contribution in [0.2, 0.25) is 0 Å². The van der Waals surface area contributed by atoms with Crippen LogP contribution in [-0.2, 0) is 0 Å². The molecule has 1 atom stereocenters. The maximum atomic E-state index is 4.91. The summed E-state index contributed by atoms with van der Waals surface area (Å²) in [6, 6.07) is 0. The van der Waals surface area contributed by atoms with Crippen molar-refractivity contribution in [3.63, 3.8) is 0 Å². The molecule has 1 N–H and O–H groups in total. The van der Waals surface area contributed by atoms with Gasteiger partial charge in [-0.2, -0.15) is 12.6 Å². The summed E-state index contributed by atoms with van der Waals surface area (Å²) >= 11 is 9.19. The van der Waals surface area contributed by atoms with Crippen molar-refractivity contribution in [2.24, 2.45) is 0 Å². The van der Waals surface area contributed by atoms with Crippen LogP contribution in [0, 0.1) is 0 Å². The molecule has 0 spiro atoms. The summed E-state index contributed by atoms with van der Waals surface area (Å²) in [6.07, 6.45) is 2.15. The van der Waals surface area contributed by atoms with Crippen molar-refractivity contribution >= 4 is 29.8 Å². The Balaban J connectivity index is 2.29. The van der Waals surface area contributed by atoms with Gasteiger partial charge in [-0.1, -0.05) is 12.2 Å². The first-order valence-corrected chi connectivity index (χ1v) is 3.66. The second-order valence-electron chi connectivity index (χ2n) is 2.00. The van der Waals surface area contributed by atoms with Crippen molar-refractivity contribution in [1.29, 1.82) is 0 Å². The molecule has 0 aliphatic carbocycles. The molecule has 1 rings (SSSR count). The molecule has 1 fully saturated rings. The van der Waals surface area contributed by atoms with Crippen LogP contribution in [0.5, 0.6) is 0 Å². The van der Waals surface area contributed by atoms with Crippen molar-refractivity contribution in [1.82, 2.24) is 5.32 Å². The molecular formula is C5H9NS2. The Morgan fingerprint density at radius 3 is 2.88 bits per heavy atom. The fraction of sp³-hybridized carbons (Fsp3) is 0.800. The molecule has 1 heterocycles. The molecule has 0 aromatic heterocycles. The third kappa shape index (κ3) is 1.63. The number of rotatable bonds is 0. The van der Waals surface area contributed by atoms with E-state index in [1.54, 1.807) is 0 Å². The van der Waals surface area contributed by atoms with E-state index in [2.05, 4.69) is 17.9 Å². The Labute approximate surface area is 60.3 Å². The number of hydrogen-bond acceptors (Lipinski definition) is 2. The van der Waals surface area contributed by atoms with Crippen LogP contribution >= 0.6 is 24.8 Å². The van der Waals surface area contributed by atoms with Gasteiger partial charge >= 0.3 is 0 Å². The first-order valence-electron chi connectivity index (χ1n) is 2.74. The number of nitrogens with one attached hydrogen (secondary N) is 1. The predicted octanol–water partition coefficient (Wildman–Crippen LogP) is 0.996. The van der Waals surface area contributed by atoms with Gasteiger partial charge in [-0.05, 0) is 12.8 Å². The summed E-state index contributed by atoms with van der Waals surface area (Å²) in [6.45, 7) is 0.946. The highest BCUT2D eigenvalue weighted by Gasteiger charge is 2.10. The van der Waals surface area contributed by atoms with Crippen LogP contribution in [0.1, 0.15) is 12.8 Å². The average Bonchev–Trinajstić information content (AvgIpc) is 1.77. The quantitative estimate of drug-likeness (QED) is 0.391. The molecule has 1 saturated heterocycles. The molecule has 8 heavy (non-hydrogen) atoms. The van der Waals surface area contributed by atoms with E-state index < -0.39 is 0 Å². The predicted molar refractivity (Wildman–Crippen MR) is 42.6 cm³/mol. The van der Waals surface area contributed by atoms with Crippen molar-refractivity contribution in [2.75, 3.05) is 6.54 Å². The van der Waals surface area contributed by atoms with Crippen LogP contribution in [0.3, 0.4) is 0 Å². The molecule has 0 unspecified atom stereocenters. The normalized spacial score (nSPS) is 29.6. The summed E-state index contributed by atoms with van der Waals surface area (Å²) in [4.78, 5) is 0.996. The third-order valence-electron chi connectivity index (χ3n) is 1.24. The monoisotopic (exact) mass is 147 g/mol. The molecule has 0 aromatic carbocycles. The molecule has 0 radical (unpaired) electrons. The summed E-state index contributed by atoms with van der Waals surface area (Å²) < 4.78 is 0. The largest absolute Gasteiger partial charge is 0.379 e. The lowest BCUT2D eigenvalue weighted by Crippen LogP contribution is -2.34. The summed E-state index contributed by atoms with van der Waals surface area (Å²) in [5, 5.41) is 3.60. The Morgan fingerprint density at radius 1 is 1.75 bits per heavy atom. The van der Waals surface area contributed by atoms with E-state index in [0.717, 1.165) is 24.4 Å². The van der Waals surface area contributed by atoms with Gasteiger partial charge in [0.15, 0.2) is 0 Å². The lowest BCUT2D eigenvalue weighted by molar-refractivity contribution is 0.699. The minimum Gasteiger partial charge on any atom is -0.379 e. The van der Waals surface area contributed by atoms with Crippen LogP contribution in [0.25, 0.3) is 0 Å². The van der Waals surface area contributed by atoms with Crippen LogP contribution in [0.15, 0.2) is 0 Å². The second kappa shape index (κ2) is 2.69. The Bertz CT molecular complexity index is 92.6. The van der Waals surface area contributed by atoms with Crippen molar-refractivity contribution < 1.29 is 0 Å². The lowest BCUT2D eigenvalue weighted by atomic mass is 10.2. The molecule has 3 heteroatoms. The first-order chi connectivity index (χ1) is 3.79. The minimum absolute atomic E-state index is 0.515. The van der Waals surface area contributed by atoms with Gasteiger partial charge in [-0.25, -0.2) is 0 Å². The maximum Gasteiger partial charge on any atom is 0.0754 e. The first kappa shape index (κ1) is 6.36. The molecule has 0 saturated carbocycles. The standard InChI is InChI=1S/C5H9NS2/c7-4-1-2-5(8)6-3-4/h4,7H,1-3H2,(H,6,8)/t4-/m1/s1. The van der Waals surface area contributed by atoms with Gasteiger partial charge in [0.1, 0.15) is 0 Å². The van der Waals surface area contributed by atoms with E-state index in [9.17, 15) is 0 Å². The summed E-state index contributed by atoms with van der Waals surface area (Å²) in [5.74, 6) is 0. The van der Waals surface area contributed by atoms with Gasteiger partial charge in [0.25, 0.3) is 0 Å². The van der Waals surface area contributed by atoms with Crippen molar-refractivity contribution in [3.05, 3.63) is 0 Å². The van der Waals surface area contributed by atoms with E-state index in [4.69, 9.17) is 12.2 Å². The zero-order valence-electron chi connectivity index (χ0n) is 4.55. The van der Waals surface area contributed by atoms with E-state index in [-0.39, 0.29) is 0 Å². The van der Waals surface area contributed by atoms with Gasteiger partial charge in [-0.15, -0.1) is 0 Å². The lowest BCUT2D eigenvalue weighted by Gasteiger charge is -2.18. The molecule has 0 amide bonds. The zero-order valence-corrected chi connectivity index (χ0v) is 6.27. The van der Waals surface area contributed by atoms with Crippen LogP contribution in [-0.4, -0.2) is 16.8 Å². The fourth-order valence-electron chi connectivity index (χ4n) is 0.720. The molecule has 1 nitrogen and oxygen atoms in total. The molecule has 46 valence electrons. The molecule has 0 bridgehead atoms. The van der Waals surface area contributed by atoms with Crippen molar-refractivity contribution in [3.8, 4) is 0 Å². The Kier molecular flexibility index (Phi) is 2.14. The van der Waals surface area contributed by atoms with E-state index >= 15 is 0 Å². The van der Waals surface area contributed by atoms with Gasteiger partial charge in [0.2, 0.25) is 0 Å². The third-order valence-corrected chi connectivity index (χ3v) is 2.03. The highest BCUT2D eigenvalue weighted by Crippen LogP contribution is 2.08. The number of piperidine rings is 1. The van der Waals surface area contributed by atoms with Crippen LogP contribution in [0.4, 0.5) is 0 Å². The molecule has 1 aliphatic rings. The van der Waals surface area contributed by atoms with Gasteiger partial charge in [0.05, 0.1) is 4.99 Å².